The molecule has 0 N–H and O–H groups in total. The van der Waals surface area contributed by atoms with Crippen LogP contribution in [0.1, 0.15) is 16.1 Å². The molecule has 1 amide bonds. The number of aromatic nitrogens is 3. The fraction of sp³-hybridized carbons (Fsp3) is 0.150. The monoisotopic (exact) mass is 346 g/mol. The van der Waals surface area contributed by atoms with Gasteiger partial charge in [0.15, 0.2) is 5.76 Å². The maximum Gasteiger partial charge on any atom is 0.256 e. The summed E-state index contributed by atoms with van der Waals surface area (Å²) in [4.78, 5) is 18.6. The van der Waals surface area contributed by atoms with Gasteiger partial charge in [0.25, 0.3) is 5.91 Å². The Morgan fingerprint density at radius 1 is 1.23 bits per heavy atom. The molecular weight excluding hydrogens is 328 g/mol. The lowest BCUT2D eigenvalue weighted by Gasteiger charge is -2.14. The molecule has 0 aliphatic carbocycles. The number of nitrogens with zero attached hydrogens (tertiary/aromatic N) is 4. The third kappa shape index (κ3) is 2.86. The first-order valence-electron chi connectivity index (χ1n) is 8.29. The summed E-state index contributed by atoms with van der Waals surface area (Å²) in [5.41, 5.74) is 3.30. The normalized spacial score (nSPS) is 11.0. The van der Waals surface area contributed by atoms with Crippen LogP contribution in [-0.2, 0) is 13.6 Å². The molecule has 0 atom stereocenters. The lowest BCUT2D eigenvalue weighted by atomic mass is 10.1. The molecule has 0 fully saturated rings. The fourth-order valence-electron chi connectivity index (χ4n) is 3.06. The minimum Gasteiger partial charge on any atom is -0.359 e. The smallest absolute Gasteiger partial charge is 0.256 e. The van der Waals surface area contributed by atoms with Crippen molar-refractivity contribution in [3.05, 3.63) is 72.4 Å². The number of carbonyl (C=O) groups excluding carboxylic acids is 1. The zero-order valence-corrected chi connectivity index (χ0v) is 14.6. The molecule has 0 bridgehead atoms. The summed E-state index contributed by atoms with van der Waals surface area (Å²) in [7, 11) is 3.70. The Hall–Kier alpha value is -3.41. The van der Waals surface area contributed by atoms with Crippen molar-refractivity contribution in [1.82, 2.24) is 19.6 Å². The van der Waals surface area contributed by atoms with Gasteiger partial charge in [-0.3, -0.25) is 9.78 Å². The average Bonchev–Trinajstić information content (AvgIpc) is 3.27. The Morgan fingerprint density at radius 2 is 2.08 bits per heavy atom. The van der Waals surface area contributed by atoms with Crippen LogP contribution < -0.4 is 0 Å². The van der Waals surface area contributed by atoms with Crippen LogP contribution in [0.2, 0.25) is 0 Å². The maximum absolute atomic E-state index is 12.9. The van der Waals surface area contributed by atoms with Gasteiger partial charge in [0.1, 0.15) is 5.69 Å². The van der Waals surface area contributed by atoms with Crippen molar-refractivity contribution in [2.75, 3.05) is 7.05 Å². The summed E-state index contributed by atoms with van der Waals surface area (Å²) in [5, 5.41) is 5.01. The standard InChI is InChI=1S/C20H18N4O2/c1-23-13-17(16-7-3-4-8-19(16)23)20(25)24(2)12-15-10-18(22-26-15)14-6-5-9-21-11-14/h3-11,13H,12H2,1-2H3. The molecule has 3 aromatic heterocycles. The molecular formula is C20H18N4O2. The molecule has 4 aromatic rings. The number of para-hydroxylation sites is 1. The average molecular weight is 346 g/mol. The van der Waals surface area contributed by atoms with Crippen molar-refractivity contribution in [2.45, 2.75) is 6.54 Å². The maximum atomic E-state index is 12.9. The predicted octanol–water partition coefficient (Wildman–Crippen LogP) is 3.50. The van der Waals surface area contributed by atoms with Crippen LogP contribution >= 0.6 is 0 Å². The second kappa shape index (κ2) is 6.48. The quantitative estimate of drug-likeness (QED) is 0.567. The lowest BCUT2D eigenvalue weighted by molar-refractivity contribution is 0.0774. The molecule has 0 spiro atoms. The number of hydrogen-bond donors (Lipinski definition) is 0. The van der Waals surface area contributed by atoms with E-state index in [2.05, 4.69) is 10.1 Å². The zero-order valence-electron chi connectivity index (χ0n) is 14.6. The van der Waals surface area contributed by atoms with Crippen LogP contribution in [0, 0.1) is 0 Å². The third-order valence-corrected chi connectivity index (χ3v) is 4.38. The van der Waals surface area contributed by atoms with E-state index in [1.165, 1.54) is 0 Å². The van der Waals surface area contributed by atoms with Gasteiger partial charge in [-0.25, -0.2) is 0 Å². The second-order valence-corrected chi connectivity index (χ2v) is 6.25. The molecule has 130 valence electrons. The first kappa shape index (κ1) is 16.1. The Bertz CT molecular complexity index is 1070. The molecule has 0 aliphatic rings. The van der Waals surface area contributed by atoms with E-state index in [4.69, 9.17) is 4.52 Å². The molecule has 0 saturated carbocycles. The minimum atomic E-state index is -0.0545. The number of rotatable bonds is 4. The predicted molar refractivity (Wildman–Crippen MR) is 98.5 cm³/mol. The van der Waals surface area contributed by atoms with E-state index in [9.17, 15) is 4.79 Å². The topological polar surface area (TPSA) is 64.2 Å². The minimum absolute atomic E-state index is 0.0545. The van der Waals surface area contributed by atoms with Crippen LogP contribution in [0.15, 0.2) is 65.6 Å². The SMILES string of the molecule is CN(Cc1cc(-c2cccnc2)no1)C(=O)c1cn(C)c2ccccc12. The third-order valence-electron chi connectivity index (χ3n) is 4.38. The van der Waals surface area contributed by atoms with Gasteiger partial charge in [-0.15, -0.1) is 0 Å². The Balaban J connectivity index is 1.55. The summed E-state index contributed by atoms with van der Waals surface area (Å²) >= 11 is 0. The van der Waals surface area contributed by atoms with E-state index in [-0.39, 0.29) is 5.91 Å². The van der Waals surface area contributed by atoms with Gasteiger partial charge in [-0.2, -0.15) is 0 Å². The fourth-order valence-corrected chi connectivity index (χ4v) is 3.06. The van der Waals surface area contributed by atoms with E-state index in [1.54, 1.807) is 24.3 Å². The first-order valence-corrected chi connectivity index (χ1v) is 8.29. The van der Waals surface area contributed by atoms with Gasteiger partial charge in [0.05, 0.1) is 12.1 Å². The zero-order chi connectivity index (χ0) is 18.1. The number of benzene rings is 1. The van der Waals surface area contributed by atoms with Crippen LogP contribution in [0.25, 0.3) is 22.2 Å². The van der Waals surface area contributed by atoms with Crippen molar-refractivity contribution in [1.29, 1.82) is 0 Å². The van der Waals surface area contributed by atoms with Crippen LogP contribution in [0.5, 0.6) is 0 Å². The molecule has 3 heterocycles. The molecule has 0 radical (unpaired) electrons. The lowest BCUT2D eigenvalue weighted by Crippen LogP contribution is -2.25. The molecule has 4 rings (SSSR count). The Kier molecular flexibility index (Phi) is 4.01. The highest BCUT2D eigenvalue weighted by Crippen LogP contribution is 2.23. The molecule has 6 nitrogen and oxygen atoms in total. The molecule has 0 aliphatic heterocycles. The van der Waals surface area contributed by atoms with Crippen LogP contribution in [-0.4, -0.2) is 32.6 Å². The van der Waals surface area contributed by atoms with E-state index in [0.29, 0.717) is 23.6 Å². The summed E-state index contributed by atoms with van der Waals surface area (Å²) in [6.07, 6.45) is 5.30. The first-order chi connectivity index (χ1) is 12.6. The van der Waals surface area contributed by atoms with Gasteiger partial charge in [0, 0.05) is 55.2 Å². The van der Waals surface area contributed by atoms with Crippen molar-refractivity contribution in [2.24, 2.45) is 7.05 Å². The van der Waals surface area contributed by atoms with Crippen molar-refractivity contribution in [3.63, 3.8) is 0 Å². The molecule has 0 saturated heterocycles. The largest absolute Gasteiger partial charge is 0.359 e. The van der Waals surface area contributed by atoms with Crippen LogP contribution in [0.4, 0.5) is 0 Å². The number of fused-ring (bicyclic) bond motifs is 1. The van der Waals surface area contributed by atoms with Gasteiger partial charge < -0.3 is 14.0 Å². The van der Waals surface area contributed by atoms with Crippen LogP contribution in [0.3, 0.4) is 0 Å². The van der Waals surface area contributed by atoms with Gasteiger partial charge in [-0.1, -0.05) is 23.4 Å². The molecule has 26 heavy (non-hydrogen) atoms. The van der Waals surface area contributed by atoms with E-state index < -0.39 is 0 Å². The van der Waals surface area contributed by atoms with E-state index in [1.807, 2.05) is 60.3 Å². The molecule has 6 heteroatoms. The van der Waals surface area contributed by atoms with Gasteiger partial charge in [0.2, 0.25) is 0 Å². The van der Waals surface area contributed by atoms with Crippen molar-refractivity contribution in [3.8, 4) is 11.3 Å². The van der Waals surface area contributed by atoms with Crippen molar-refractivity contribution < 1.29 is 9.32 Å². The summed E-state index contributed by atoms with van der Waals surface area (Å²) in [5.74, 6) is 0.570. The highest BCUT2D eigenvalue weighted by molar-refractivity contribution is 6.06. The van der Waals surface area contributed by atoms with E-state index >= 15 is 0 Å². The number of amides is 1. The van der Waals surface area contributed by atoms with Gasteiger partial charge >= 0.3 is 0 Å². The number of hydrogen-bond acceptors (Lipinski definition) is 4. The van der Waals surface area contributed by atoms with E-state index in [0.717, 1.165) is 16.5 Å². The van der Waals surface area contributed by atoms with Crippen molar-refractivity contribution >= 4 is 16.8 Å². The summed E-state index contributed by atoms with van der Waals surface area (Å²) < 4.78 is 7.36. The molecule has 1 aromatic carbocycles. The summed E-state index contributed by atoms with van der Waals surface area (Å²) in [6, 6.07) is 13.5. The van der Waals surface area contributed by atoms with Gasteiger partial charge in [-0.05, 0) is 18.2 Å². The second-order valence-electron chi connectivity index (χ2n) is 6.25. The highest BCUT2D eigenvalue weighted by atomic mass is 16.5. The Morgan fingerprint density at radius 3 is 2.88 bits per heavy atom. The summed E-state index contributed by atoms with van der Waals surface area (Å²) in [6.45, 7) is 0.343. The number of carbonyl (C=O) groups is 1. The highest BCUT2D eigenvalue weighted by Gasteiger charge is 2.19. The molecule has 0 unspecified atom stereocenters. The number of aryl methyl sites for hydroxylation is 1. The number of pyridine rings is 1. The Labute approximate surface area is 150 Å².